The summed E-state index contributed by atoms with van der Waals surface area (Å²) >= 11 is 0. The van der Waals surface area contributed by atoms with E-state index in [9.17, 15) is 15.0 Å². The third kappa shape index (κ3) is 1.94. The summed E-state index contributed by atoms with van der Waals surface area (Å²) in [5.41, 5.74) is 1.47. The smallest absolute Gasteiger partial charge is 0.308 e. The van der Waals surface area contributed by atoms with Gasteiger partial charge >= 0.3 is 5.97 Å². The Hall–Kier alpha value is -1.39. The van der Waals surface area contributed by atoms with Crippen molar-refractivity contribution in [2.24, 2.45) is 0 Å². The van der Waals surface area contributed by atoms with Crippen molar-refractivity contribution in [3.05, 3.63) is 29.3 Å². The van der Waals surface area contributed by atoms with Crippen molar-refractivity contribution in [3.8, 4) is 5.75 Å². The van der Waals surface area contributed by atoms with Crippen molar-refractivity contribution in [3.63, 3.8) is 0 Å². The predicted octanol–water partition coefficient (Wildman–Crippen LogP) is 0.952. The molecule has 0 bridgehead atoms. The minimum absolute atomic E-state index is 0.381. The lowest BCUT2D eigenvalue weighted by Gasteiger charge is -2.27. The molecule has 0 radical (unpaired) electrons. The van der Waals surface area contributed by atoms with Crippen LogP contribution in [0.4, 0.5) is 0 Å². The van der Waals surface area contributed by atoms with Crippen LogP contribution in [0.5, 0.6) is 5.75 Å². The summed E-state index contributed by atoms with van der Waals surface area (Å²) in [6, 6.07) is 5.15. The van der Waals surface area contributed by atoms with Crippen LogP contribution < -0.4 is 4.74 Å². The maximum absolute atomic E-state index is 10.9. The molecule has 2 rings (SSSR count). The minimum Gasteiger partial charge on any atom is -0.426 e. The van der Waals surface area contributed by atoms with Crippen molar-refractivity contribution < 1.29 is 19.7 Å². The number of ether oxygens (including phenoxy) is 1. The molecule has 16 heavy (non-hydrogen) atoms. The van der Waals surface area contributed by atoms with Gasteiger partial charge in [-0.05, 0) is 24.5 Å². The van der Waals surface area contributed by atoms with Crippen molar-refractivity contribution in [2.45, 2.75) is 32.0 Å². The molecule has 86 valence electrons. The molecule has 2 atom stereocenters. The van der Waals surface area contributed by atoms with Crippen LogP contribution in [-0.4, -0.2) is 22.3 Å². The Morgan fingerprint density at radius 2 is 2.19 bits per heavy atom. The molecule has 0 aliphatic heterocycles. The lowest BCUT2D eigenvalue weighted by molar-refractivity contribution is -0.131. The Labute approximate surface area is 93.5 Å². The number of carbonyl (C=O) groups excluding carboxylic acids is 1. The quantitative estimate of drug-likeness (QED) is 0.548. The highest BCUT2D eigenvalue weighted by atomic mass is 16.5. The van der Waals surface area contributed by atoms with E-state index in [2.05, 4.69) is 0 Å². The fourth-order valence-corrected chi connectivity index (χ4v) is 2.04. The summed E-state index contributed by atoms with van der Waals surface area (Å²) in [7, 11) is 0. The van der Waals surface area contributed by atoms with E-state index >= 15 is 0 Å². The maximum Gasteiger partial charge on any atom is 0.308 e. The summed E-state index contributed by atoms with van der Waals surface area (Å²) in [5.74, 6) is 0.102. The number of aliphatic hydroxyl groups excluding tert-OH is 2. The molecule has 0 heterocycles. The summed E-state index contributed by atoms with van der Waals surface area (Å²) in [6.07, 6.45) is -0.539. The second-order valence-electron chi connectivity index (χ2n) is 3.97. The van der Waals surface area contributed by atoms with Gasteiger partial charge in [0.05, 0.1) is 6.10 Å². The lowest BCUT2D eigenvalue weighted by Crippen LogP contribution is -2.25. The first-order valence-corrected chi connectivity index (χ1v) is 5.26. The lowest BCUT2D eigenvalue weighted by atomic mass is 9.87. The topological polar surface area (TPSA) is 66.8 Å². The maximum atomic E-state index is 10.9. The van der Waals surface area contributed by atoms with Gasteiger partial charge in [-0.1, -0.05) is 12.1 Å². The second kappa shape index (κ2) is 4.23. The number of benzene rings is 1. The van der Waals surface area contributed by atoms with Gasteiger partial charge in [0.25, 0.3) is 0 Å². The fraction of sp³-hybridized carbons (Fsp3) is 0.417. The molecular formula is C12H14O4. The summed E-state index contributed by atoms with van der Waals surface area (Å²) in [5, 5.41) is 19.3. The van der Waals surface area contributed by atoms with Gasteiger partial charge in [-0.3, -0.25) is 4.79 Å². The molecule has 1 aliphatic carbocycles. The molecule has 0 spiro atoms. The Balaban J connectivity index is 2.40. The molecule has 1 aromatic carbocycles. The molecule has 1 aliphatic rings. The Kier molecular flexibility index (Phi) is 2.94. The third-order valence-corrected chi connectivity index (χ3v) is 2.80. The second-order valence-corrected chi connectivity index (χ2v) is 3.97. The van der Waals surface area contributed by atoms with Gasteiger partial charge in [0.15, 0.2) is 0 Å². The van der Waals surface area contributed by atoms with E-state index in [1.165, 1.54) is 6.92 Å². The number of carbonyl (C=O) groups is 1. The standard InChI is InChI=1S/C12H14O4/c1-7(13)16-11-4-2-3-9-8(11)5-6-10(14)12(9)15/h2-4,10,12,14-15H,5-6H2,1H3. The zero-order valence-electron chi connectivity index (χ0n) is 9.01. The van der Waals surface area contributed by atoms with E-state index in [0.29, 0.717) is 24.2 Å². The SMILES string of the molecule is CC(=O)Oc1cccc2c1CCC(O)C2O. The van der Waals surface area contributed by atoms with Crippen molar-refractivity contribution in [2.75, 3.05) is 0 Å². The molecule has 0 amide bonds. The number of fused-ring (bicyclic) bond motifs is 1. The molecule has 0 aromatic heterocycles. The Morgan fingerprint density at radius 3 is 2.88 bits per heavy atom. The summed E-state index contributed by atoms with van der Waals surface area (Å²) in [4.78, 5) is 10.9. The summed E-state index contributed by atoms with van der Waals surface area (Å²) in [6.45, 7) is 1.34. The van der Waals surface area contributed by atoms with Crippen LogP contribution in [0.15, 0.2) is 18.2 Å². The molecular weight excluding hydrogens is 208 g/mol. The first-order chi connectivity index (χ1) is 7.59. The molecule has 0 fully saturated rings. The average Bonchev–Trinajstić information content (AvgIpc) is 2.23. The number of hydrogen-bond acceptors (Lipinski definition) is 4. The van der Waals surface area contributed by atoms with Crippen LogP contribution in [0.1, 0.15) is 30.6 Å². The molecule has 0 saturated heterocycles. The minimum atomic E-state index is -0.890. The van der Waals surface area contributed by atoms with Gasteiger partial charge in [-0.25, -0.2) is 0 Å². The van der Waals surface area contributed by atoms with Gasteiger partial charge < -0.3 is 14.9 Å². The first-order valence-electron chi connectivity index (χ1n) is 5.26. The molecule has 4 nitrogen and oxygen atoms in total. The van der Waals surface area contributed by atoms with E-state index in [4.69, 9.17) is 4.74 Å². The van der Waals surface area contributed by atoms with Gasteiger partial charge in [0.1, 0.15) is 11.9 Å². The van der Waals surface area contributed by atoms with Crippen molar-refractivity contribution in [1.82, 2.24) is 0 Å². The van der Waals surface area contributed by atoms with Gasteiger partial charge in [-0.2, -0.15) is 0 Å². The van der Waals surface area contributed by atoms with Crippen LogP contribution in [-0.2, 0) is 11.2 Å². The number of hydrogen-bond donors (Lipinski definition) is 2. The number of esters is 1. The van der Waals surface area contributed by atoms with E-state index in [-0.39, 0.29) is 5.97 Å². The molecule has 2 N–H and O–H groups in total. The van der Waals surface area contributed by atoms with E-state index in [1.807, 2.05) is 0 Å². The molecule has 4 heteroatoms. The van der Waals surface area contributed by atoms with Crippen LogP contribution in [0.25, 0.3) is 0 Å². The highest BCUT2D eigenvalue weighted by Gasteiger charge is 2.28. The van der Waals surface area contributed by atoms with Gasteiger partial charge in [-0.15, -0.1) is 0 Å². The number of aliphatic hydroxyl groups is 2. The van der Waals surface area contributed by atoms with Crippen molar-refractivity contribution >= 4 is 5.97 Å². The van der Waals surface area contributed by atoms with E-state index < -0.39 is 12.2 Å². The van der Waals surface area contributed by atoms with Crippen molar-refractivity contribution in [1.29, 1.82) is 0 Å². The zero-order valence-corrected chi connectivity index (χ0v) is 9.01. The molecule has 0 saturated carbocycles. The average molecular weight is 222 g/mol. The van der Waals surface area contributed by atoms with Crippen LogP contribution in [0, 0.1) is 0 Å². The normalized spacial score (nSPS) is 23.7. The predicted molar refractivity (Wildman–Crippen MR) is 57.0 cm³/mol. The third-order valence-electron chi connectivity index (χ3n) is 2.80. The van der Waals surface area contributed by atoms with Crippen LogP contribution in [0.3, 0.4) is 0 Å². The highest BCUT2D eigenvalue weighted by molar-refractivity contribution is 5.70. The molecule has 2 unspecified atom stereocenters. The monoisotopic (exact) mass is 222 g/mol. The summed E-state index contributed by atoms with van der Waals surface area (Å²) < 4.78 is 5.06. The van der Waals surface area contributed by atoms with Crippen LogP contribution in [0.2, 0.25) is 0 Å². The number of rotatable bonds is 1. The Bertz CT molecular complexity index is 413. The Morgan fingerprint density at radius 1 is 1.44 bits per heavy atom. The molecule has 1 aromatic rings. The highest BCUT2D eigenvalue weighted by Crippen LogP contribution is 2.35. The van der Waals surface area contributed by atoms with E-state index in [1.54, 1.807) is 18.2 Å². The first kappa shape index (κ1) is 11.1. The van der Waals surface area contributed by atoms with E-state index in [0.717, 1.165) is 5.56 Å². The van der Waals surface area contributed by atoms with Gasteiger partial charge in [0, 0.05) is 12.5 Å². The fourth-order valence-electron chi connectivity index (χ4n) is 2.04. The van der Waals surface area contributed by atoms with Crippen LogP contribution >= 0.6 is 0 Å². The van der Waals surface area contributed by atoms with Gasteiger partial charge in [0.2, 0.25) is 0 Å². The zero-order chi connectivity index (χ0) is 11.7. The largest absolute Gasteiger partial charge is 0.426 e.